The van der Waals surface area contributed by atoms with Crippen LogP contribution in [0.15, 0.2) is 28.8 Å². The number of hydrogen-bond donors (Lipinski definition) is 0. The molecule has 0 aromatic heterocycles. The van der Waals surface area contributed by atoms with Gasteiger partial charge in [-0.3, -0.25) is 0 Å². The average Bonchev–Trinajstić information content (AvgIpc) is 2.36. The fourth-order valence-electron chi connectivity index (χ4n) is 3.02. The van der Waals surface area contributed by atoms with E-state index in [4.69, 9.17) is 0 Å². The van der Waals surface area contributed by atoms with E-state index in [2.05, 4.69) is 17.6 Å². The molecule has 0 saturated heterocycles. The summed E-state index contributed by atoms with van der Waals surface area (Å²) < 4.78 is 0. The number of isocyanates is 1. The Balaban J connectivity index is 2.05. The van der Waals surface area contributed by atoms with Gasteiger partial charge in [0.2, 0.25) is 6.08 Å². The lowest BCUT2D eigenvalue weighted by Crippen LogP contribution is -2.16. The lowest BCUT2D eigenvalue weighted by atomic mass is 9.81. The minimum Gasteiger partial charge on any atom is -0.211 e. The largest absolute Gasteiger partial charge is 0.235 e. The van der Waals surface area contributed by atoms with Gasteiger partial charge in [0.25, 0.3) is 0 Å². The second-order valence-electron chi connectivity index (χ2n) is 5.24. The standard InChI is InChI=1S/C15H21NO/c1-12-14(8-5-9-15(12)16-11-17)10-13-6-3-2-4-7-13/h10,13,15H,1-9H2. The molecule has 2 heteroatoms. The topological polar surface area (TPSA) is 29.4 Å². The first kappa shape index (κ1) is 12.3. The number of hydrogen-bond acceptors (Lipinski definition) is 2. The molecule has 0 N–H and O–H groups in total. The molecule has 1 atom stereocenters. The van der Waals surface area contributed by atoms with Crippen LogP contribution in [0.5, 0.6) is 0 Å². The zero-order valence-electron chi connectivity index (χ0n) is 10.5. The summed E-state index contributed by atoms with van der Waals surface area (Å²) >= 11 is 0. The SMILES string of the molecule is C=C1C(=CC2CCCCC2)CCCC1N=C=O. The van der Waals surface area contributed by atoms with Crippen molar-refractivity contribution in [2.45, 2.75) is 57.4 Å². The van der Waals surface area contributed by atoms with Crippen molar-refractivity contribution in [1.29, 1.82) is 0 Å². The highest BCUT2D eigenvalue weighted by Crippen LogP contribution is 2.33. The van der Waals surface area contributed by atoms with Gasteiger partial charge >= 0.3 is 0 Å². The molecule has 0 amide bonds. The molecule has 2 nitrogen and oxygen atoms in total. The second kappa shape index (κ2) is 5.97. The van der Waals surface area contributed by atoms with Crippen LogP contribution in [0.1, 0.15) is 51.4 Å². The van der Waals surface area contributed by atoms with Gasteiger partial charge in [-0.05, 0) is 49.2 Å². The third kappa shape index (κ3) is 3.17. The molecule has 2 aliphatic rings. The molecule has 2 saturated carbocycles. The van der Waals surface area contributed by atoms with Gasteiger partial charge in [0.05, 0.1) is 6.04 Å². The van der Waals surface area contributed by atoms with Crippen molar-refractivity contribution in [1.82, 2.24) is 0 Å². The summed E-state index contributed by atoms with van der Waals surface area (Å²) in [6.45, 7) is 4.12. The van der Waals surface area contributed by atoms with Crippen molar-refractivity contribution in [3.63, 3.8) is 0 Å². The van der Waals surface area contributed by atoms with Crippen LogP contribution < -0.4 is 0 Å². The van der Waals surface area contributed by atoms with Gasteiger partial charge in [-0.1, -0.05) is 31.9 Å². The van der Waals surface area contributed by atoms with Crippen molar-refractivity contribution in [2.75, 3.05) is 0 Å². The predicted molar refractivity (Wildman–Crippen MR) is 69.6 cm³/mol. The minimum atomic E-state index is -0.00362. The normalized spacial score (nSPS) is 29.1. The quantitative estimate of drug-likeness (QED) is 0.523. The molecular formula is C15H21NO. The van der Waals surface area contributed by atoms with E-state index in [1.54, 1.807) is 6.08 Å². The first-order chi connectivity index (χ1) is 8.31. The van der Waals surface area contributed by atoms with E-state index in [0.717, 1.165) is 30.8 Å². The molecule has 2 fully saturated rings. The van der Waals surface area contributed by atoms with Gasteiger partial charge in [0.1, 0.15) is 0 Å². The summed E-state index contributed by atoms with van der Waals surface area (Å²) in [4.78, 5) is 14.2. The Morgan fingerprint density at radius 3 is 2.65 bits per heavy atom. The van der Waals surface area contributed by atoms with Crippen LogP contribution in [0, 0.1) is 5.92 Å². The predicted octanol–water partition coefficient (Wildman–Crippen LogP) is 3.94. The van der Waals surface area contributed by atoms with Gasteiger partial charge < -0.3 is 0 Å². The maximum atomic E-state index is 10.4. The molecular weight excluding hydrogens is 210 g/mol. The number of allylic oxidation sites excluding steroid dienone is 1. The Morgan fingerprint density at radius 2 is 1.94 bits per heavy atom. The summed E-state index contributed by atoms with van der Waals surface area (Å²) in [5.41, 5.74) is 2.41. The van der Waals surface area contributed by atoms with Gasteiger partial charge in [-0.25, -0.2) is 4.79 Å². The molecule has 1 unspecified atom stereocenters. The molecule has 2 aliphatic carbocycles. The fourth-order valence-corrected chi connectivity index (χ4v) is 3.02. The Bertz CT molecular complexity index is 357. The van der Waals surface area contributed by atoms with Crippen molar-refractivity contribution in [2.24, 2.45) is 10.9 Å². The molecule has 17 heavy (non-hydrogen) atoms. The number of aliphatic imine (C=N–C) groups is 1. The average molecular weight is 231 g/mol. The maximum absolute atomic E-state index is 10.4. The van der Waals surface area contributed by atoms with Crippen LogP contribution in [-0.4, -0.2) is 12.1 Å². The molecule has 0 spiro atoms. The molecule has 0 radical (unpaired) electrons. The van der Waals surface area contributed by atoms with Crippen LogP contribution in [0.2, 0.25) is 0 Å². The molecule has 0 bridgehead atoms. The lowest BCUT2D eigenvalue weighted by molar-refractivity contribution is 0.416. The molecule has 92 valence electrons. The first-order valence-corrected chi connectivity index (χ1v) is 6.78. The highest BCUT2D eigenvalue weighted by atomic mass is 16.1. The van der Waals surface area contributed by atoms with E-state index in [1.165, 1.54) is 37.7 Å². The maximum Gasteiger partial charge on any atom is 0.235 e. The Hall–Kier alpha value is -1.14. The minimum absolute atomic E-state index is 0.00362. The summed E-state index contributed by atoms with van der Waals surface area (Å²) in [7, 11) is 0. The Labute approximate surface area is 104 Å². The van der Waals surface area contributed by atoms with E-state index < -0.39 is 0 Å². The zero-order valence-corrected chi connectivity index (χ0v) is 10.5. The van der Waals surface area contributed by atoms with Crippen LogP contribution in [0.25, 0.3) is 0 Å². The number of rotatable bonds is 2. The third-order valence-electron chi connectivity index (χ3n) is 4.03. The van der Waals surface area contributed by atoms with Gasteiger partial charge in [-0.15, -0.1) is 0 Å². The number of nitrogens with zero attached hydrogens (tertiary/aromatic N) is 1. The molecule has 0 heterocycles. The van der Waals surface area contributed by atoms with E-state index >= 15 is 0 Å². The monoisotopic (exact) mass is 231 g/mol. The van der Waals surface area contributed by atoms with Crippen LogP contribution in [-0.2, 0) is 4.79 Å². The number of carbonyl (C=O) groups excluding carboxylic acids is 1. The van der Waals surface area contributed by atoms with Crippen LogP contribution in [0.4, 0.5) is 0 Å². The van der Waals surface area contributed by atoms with E-state index in [1.807, 2.05) is 0 Å². The zero-order chi connectivity index (χ0) is 12.1. The van der Waals surface area contributed by atoms with Gasteiger partial charge in [0, 0.05) is 0 Å². The Kier molecular flexibility index (Phi) is 4.33. The molecule has 2 rings (SSSR count). The lowest BCUT2D eigenvalue weighted by Gasteiger charge is -2.26. The third-order valence-corrected chi connectivity index (χ3v) is 4.03. The summed E-state index contributed by atoms with van der Waals surface area (Å²) in [6.07, 6.45) is 14.0. The van der Waals surface area contributed by atoms with E-state index in [0.29, 0.717) is 0 Å². The summed E-state index contributed by atoms with van der Waals surface area (Å²) in [5.74, 6) is 0.731. The van der Waals surface area contributed by atoms with Crippen molar-refractivity contribution < 1.29 is 4.79 Å². The molecule has 0 aromatic rings. The van der Waals surface area contributed by atoms with Crippen LogP contribution in [0.3, 0.4) is 0 Å². The highest BCUT2D eigenvalue weighted by Gasteiger charge is 2.22. The second-order valence-corrected chi connectivity index (χ2v) is 5.24. The van der Waals surface area contributed by atoms with Crippen molar-refractivity contribution in [3.8, 4) is 0 Å². The van der Waals surface area contributed by atoms with Gasteiger partial charge in [0.15, 0.2) is 0 Å². The fraction of sp³-hybridized carbons (Fsp3) is 0.667. The summed E-state index contributed by atoms with van der Waals surface area (Å²) in [5, 5.41) is 0. The molecule has 0 aliphatic heterocycles. The van der Waals surface area contributed by atoms with Crippen molar-refractivity contribution in [3.05, 3.63) is 23.8 Å². The smallest absolute Gasteiger partial charge is 0.211 e. The summed E-state index contributed by atoms with van der Waals surface area (Å²) in [6, 6.07) is -0.00362. The first-order valence-electron chi connectivity index (χ1n) is 6.78. The van der Waals surface area contributed by atoms with Crippen molar-refractivity contribution >= 4 is 6.08 Å². The van der Waals surface area contributed by atoms with Crippen LogP contribution >= 0.6 is 0 Å². The Morgan fingerprint density at radius 1 is 1.18 bits per heavy atom. The van der Waals surface area contributed by atoms with E-state index in [9.17, 15) is 4.79 Å². The highest BCUT2D eigenvalue weighted by molar-refractivity contribution is 5.41. The van der Waals surface area contributed by atoms with Gasteiger partial charge in [-0.2, -0.15) is 4.99 Å². The molecule has 0 aromatic carbocycles. The van der Waals surface area contributed by atoms with E-state index in [-0.39, 0.29) is 6.04 Å².